The van der Waals surface area contributed by atoms with Crippen LogP contribution in [0.5, 0.6) is 0 Å². The van der Waals surface area contributed by atoms with Crippen LogP contribution in [-0.4, -0.2) is 19.9 Å². The summed E-state index contributed by atoms with van der Waals surface area (Å²) in [7, 11) is 0. The van der Waals surface area contributed by atoms with Gasteiger partial charge in [-0.15, -0.1) is 0 Å². The predicted octanol–water partition coefficient (Wildman–Crippen LogP) is 1.48. The van der Waals surface area contributed by atoms with E-state index in [0.717, 1.165) is 0 Å². The first-order valence-corrected chi connectivity index (χ1v) is 5.79. The number of aryl methyl sites for hydroxylation is 2. The number of aromatic nitrogens is 4. The van der Waals surface area contributed by atoms with Crippen LogP contribution in [0, 0.1) is 23.4 Å². The van der Waals surface area contributed by atoms with Crippen LogP contribution in [0.1, 0.15) is 11.1 Å². The Hall–Kier alpha value is -1.80. The fraction of sp³-hybridized carbons (Fsp3) is 0.200. The van der Waals surface area contributed by atoms with Crippen molar-refractivity contribution < 1.29 is 0 Å². The number of H-pyrrole nitrogens is 4. The van der Waals surface area contributed by atoms with Crippen molar-refractivity contribution in [1.29, 1.82) is 0 Å². The molecule has 0 saturated carbocycles. The van der Waals surface area contributed by atoms with Gasteiger partial charge in [-0.3, -0.25) is 19.6 Å². The average molecular weight is 284 g/mol. The van der Waals surface area contributed by atoms with Gasteiger partial charge in [0.05, 0.1) is 0 Å². The first-order chi connectivity index (χ1) is 8.40. The van der Waals surface area contributed by atoms with E-state index in [2.05, 4.69) is 44.4 Å². The van der Waals surface area contributed by atoms with Gasteiger partial charge in [0.1, 0.15) is 0 Å². The largest absolute Gasteiger partial charge is 0.338 e. The molecule has 2 rings (SSSR count). The van der Waals surface area contributed by atoms with E-state index in [1.807, 2.05) is 0 Å². The molecule has 0 fully saturated rings. The molecule has 0 spiro atoms. The van der Waals surface area contributed by atoms with Crippen molar-refractivity contribution >= 4 is 24.4 Å². The van der Waals surface area contributed by atoms with Crippen LogP contribution in [0.15, 0.2) is 22.0 Å². The highest BCUT2D eigenvalue weighted by Crippen LogP contribution is 1.80. The number of nitrogens with one attached hydrogen (secondary N) is 4. The van der Waals surface area contributed by atoms with Crippen LogP contribution in [0.3, 0.4) is 0 Å². The Bertz CT molecular complexity index is 688. The van der Waals surface area contributed by atoms with E-state index in [4.69, 9.17) is 0 Å². The summed E-state index contributed by atoms with van der Waals surface area (Å²) < 4.78 is 0.733. The van der Waals surface area contributed by atoms with Gasteiger partial charge < -0.3 is 9.97 Å². The van der Waals surface area contributed by atoms with Crippen LogP contribution in [0.25, 0.3) is 0 Å². The van der Waals surface area contributed by atoms with Crippen LogP contribution in [0.4, 0.5) is 0 Å². The molecule has 4 N–H and O–H groups in total. The van der Waals surface area contributed by atoms with Gasteiger partial charge in [-0.2, -0.15) is 0 Å². The SMILES string of the molecule is Cc1c[nH]c(=S)[nH]c1=O.Cc1c[nH]c(=S)[nH]c1=O. The lowest BCUT2D eigenvalue weighted by molar-refractivity contribution is 1.05. The number of rotatable bonds is 0. The third-order valence-electron chi connectivity index (χ3n) is 2.01. The van der Waals surface area contributed by atoms with E-state index in [9.17, 15) is 9.59 Å². The minimum atomic E-state index is -0.126. The third-order valence-corrected chi connectivity index (χ3v) is 2.45. The average Bonchev–Trinajstić information content (AvgIpc) is 2.30. The molecule has 0 atom stereocenters. The molecular weight excluding hydrogens is 272 g/mol. The maximum atomic E-state index is 10.7. The summed E-state index contributed by atoms with van der Waals surface area (Å²) in [5, 5.41) is 0. The molecule has 2 aromatic rings. The van der Waals surface area contributed by atoms with Crippen molar-refractivity contribution in [1.82, 2.24) is 19.9 Å². The van der Waals surface area contributed by atoms with Crippen LogP contribution < -0.4 is 11.1 Å². The Morgan fingerprint density at radius 1 is 0.833 bits per heavy atom. The van der Waals surface area contributed by atoms with Crippen LogP contribution in [-0.2, 0) is 0 Å². The molecule has 0 radical (unpaired) electrons. The maximum Gasteiger partial charge on any atom is 0.254 e. The third kappa shape index (κ3) is 4.22. The van der Waals surface area contributed by atoms with Crippen molar-refractivity contribution in [2.75, 3.05) is 0 Å². The Labute approximate surface area is 112 Å². The lowest BCUT2D eigenvalue weighted by Gasteiger charge is -1.86. The molecule has 0 unspecified atom stereocenters. The molecular formula is C10H12N4O2S2. The fourth-order valence-corrected chi connectivity index (χ4v) is 1.26. The number of hydrogen-bond donors (Lipinski definition) is 4. The van der Waals surface area contributed by atoms with Gasteiger partial charge in [-0.1, -0.05) is 0 Å². The standard InChI is InChI=1S/2C5H6N2OS/c2*1-3-2-6-5(9)7-4(3)8/h2*2H,1H3,(H2,6,7,8,9). The first-order valence-electron chi connectivity index (χ1n) is 4.97. The van der Waals surface area contributed by atoms with Crippen LogP contribution in [0.2, 0.25) is 0 Å². The van der Waals surface area contributed by atoms with Crippen molar-refractivity contribution in [3.8, 4) is 0 Å². The molecule has 0 aromatic carbocycles. The first kappa shape index (κ1) is 14.3. The van der Waals surface area contributed by atoms with Crippen molar-refractivity contribution in [2.45, 2.75) is 13.8 Å². The topological polar surface area (TPSA) is 97.3 Å². The second-order valence-corrected chi connectivity index (χ2v) is 4.33. The molecule has 0 aliphatic carbocycles. The Balaban J connectivity index is 0.000000180. The lowest BCUT2D eigenvalue weighted by atomic mass is 10.4. The highest BCUT2D eigenvalue weighted by Gasteiger charge is 1.87. The Morgan fingerprint density at radius 2 is 1.17 bits per heavy atom. The van der Waals surface area contributed by atoms with E-state index >= 15 is 0 Å². The van der Waals surface area contributed by atoms with Crippen molar-refractivity contribution in [3.63, 3.8) is 0 Å². The molecule has 0 amide bonds. The molecule has 8 heteroatoms. The second kappa shape index (κ2) is 6.22. The molecule has 6 nitrogen and oxygen atoms in total. The summed E-state index contributed by atoms with van der Waals surface area (Å²) in [4.78, 5) is 31.7. The summed E-state index contributed by atoms with van der Waals surface area (Å²) in [5.74, 6) is 0. The quantitative estimate of drug-likeness (QED) is 0.551. The highest BCUT2D eigenvalue weighted by atomic mass is 32.1. The van der Waals surface area contributed by atoms with E-state index < -0.39 is 0 Å². The molecule has 0 saturated heterocycles. The number of hydrogen-bond acceptors (Lipinski definition) is 4. The minimum Gasteiger partial charge on any atom is -0.338 e. The van der Waals surface area contributed by atoms with E-state index in [0.29, 0.717) is 20.7 Å². The molecule has 0 bridgehead atoms. The van der Waals surface area contributed by atoms with E-state index in [1.165, 1.54) is 0 Å². The molecule has 96 valence electrons. The number of aromatic amines is 4. The molecule has 0 aliphatic heterocycles. The van der Waals surface area contributed by atoms with Gasteiger partial charge in [-0.05, 0) is 38.3 Å². The van der Waals surface area contributed by atoms with Crippen LogP contribution >= 0.6 is 24.4 Å². The fourth-order valence-electron chi connectivity index (χ4n) is 0.954. The summed E-state index contributed by atoms with van der Waals surface area (Å²) in [6, 6.07) is 0. The van der Waals surface area contributed by atoms with Gasteiger partial charge in [0.25, 0.3) is 11.1 Å². The zero-order chi connectivity index (χ0) is 13.7. The Kier molecular flexibility index (Phi) is 4.93. The summed E-state index contributed by atoms with van der Waals surface area (Å²) >= 11 is 9.30. The molecule has 0 aliphatic rings. The van der Waals surface area contributed by atoms with Gasteiger partial charge >= 0.3 is 0 Å². The molecule has 2 aromatic heterocycles. The zero-order valence-electron chi connectivity index (χ0n) is 9.79. The van der Waals surface area contributed by atoms with Crippen molar-refractivity contribution in [3.05, 3.63) is 53.8 Å². The summed E-state index contributed by atoms with van der Waals surface area (Å²) in [5.41, 5.74) is 1.03. The highest BCUT2D eigenvalue weighted by molar-refractivity contribution is 7.71. The Morgan fingerprint density at radius 3 is 1.39 bits per heavy atom. The van der Waals surface area contributed by atoms with Gasteiger partial charge in [0, 0.05) is 23.5 Å². The summed E-state index contributed by atoms with van der Waals surface area (Å²) in [6.07, 6.45) is 3.17. The van der Waals surface area contributed by atoms with Crippen molar-refractivity contribution in [2.24, 2.45) is 0 Å². The predicted molar refractivity (Wildman–Crippen MR) is 74.0 cm³/mol. The molecule has 18 heavy (non-hydrogen) atoms. The smallest absolute Gasteiger partial charge is 0.254 e. The molecule has 2 heterocycles. The maximum absolute atomic E-state index is 10.7. The minimum absolute atomic E-state index is 0.126. The second-order valence-electron chi connectivity index (χ2n) is 3.51. The van der Waals surface area contributed by atoms with Gasteiger partial charge in [-0.25, -0.2) is 0 Å². The van der Waals surface area contributed by atoms with E-state index in [1.54, 1.807) is 26.2 Å². The zero-order valence-corrected chi connectivity index (χ0v) is 11.4. The lowest BCUT2D eigenvalue weighted by Crippen LogP contribution is -2.09. The van der Waals surface area contributed by atoms with E-state index in [-0.39, 0.29) is 11.1 Å². The van der Waals surface area contributed by atoms with Gasteiger partial charge in [0.2, 0.25) is 0 Å². The summed E-state index contributed by atoms with van der Waals surface area (Å²) in [6.45, 7) is 3.42. The van der Waals surface area contributed by atoms with Gasteiger partial charge in [0.15, 0.2) is 9.54 Å². The normalized spacial score (nSPS) is 9.44. The monoisotopic (exact) mass is 284 g/mol.